The third kappa shape index (κ3) is 3.51. The van der Waals surface area contributed by atoms with E-state index in [2.05, 4.69) is 28.2 Å². The lowest BCUT2D eigenvalue weighted by atomic mass is 10.2. The lowest BCUT2D eigenvalue weighted by Crippen LogP contribution is -2.02. The van der Waals surface area contributed by atoms with Gasteiger partial charge in [-0.2, -0.15) is 0 Å². The molecule has 1 rings (SSSR count). The molecule has 0 amide bonds. The molecule has 5 heteroatoms. The molecule has 0 bridgehead atoms. The first kappa shape index (κ1) is 12.0. The van der Waals surface area contributed by atoms with Gasteiger partial charge in [0, 0.05) is 23.2 Å². The summed E-state index contributed by atoms with van der Waals surface area (Å²) >= 11 is 3.35. The summed E-state index contributed by atoms with van der Waals surface area (Å²) in [5.41, 5.74) is 0.884. The van der Waals surface area contributed by atoms with Gasteiger partial charge < -0.3 is 5.32 Å². The number of hydrogen-bond acceptors (Lipinski definition) is 3. The van der Waals surface area contributed by atoms with E-state index in [4.69, 9.17) is 0 Å². The van der Waals surface area contributed by atoms with Gasteiger partial charge in [0.2, 0.25) is 0 Å². The minimum Gasteiger partial charge on any atom is -0.384 e. The minimum absolute atomic E-state index is 0.109. The SMILES string of the molecule is CCCCNc1cc([N+](=O)[O-])ccc1Br. The second-order valence-corrected chi connectivity index (χ2v) is 4.06. The highest BCUT2D eigenvalue weighted by atomic mass is 79.9. The Balaban J connectivity index is 2.76. The number of nitrogens with zero attached hydrogens (tertiary/aromatic N) is 1. The highest BCUT2D eigenvalue weighted by Gasteiger charge is 2.08. The fourth-order valence-corrected chi connectivity index (χ4v) is 1.55. The van der Waals surface area contributed by atoms with E-state index >= 15 is 0 Å². The fourth-order valence-electron chi connectivity index (χ4n) is 1.16. The van der Waals surface area contributed by atoms with Gasteiger partial charge >= 0.3 is 0 Å². The van der Waals surface area contributed by atoms with Crippen molar-refractivity contribution in [2.24, 2.45) is 0 Å². The molecule has 0 heterocycles. The van der Waals surface area contributed by atoms with Gasteiger partial charge in [-0.05, 0) is 28.4 Å². The highest BCUT2D eigenvalue weighted by Crippen LogP contribution is 2.26. The third-order valence-electron chi connectivity index (χ3n) is 2.01. The van der Waals surface area contributed by atoms with Crippen LogP contribution in [0.1, 0.15) is 19.8 Å². The molecule has 0 radical (unpaired) electrons. The van der Waals surface area contributed by atoms with Crippen LogP contribution in [-0.2, 0) is 0 Å². The van der Waals surface area contributed by atoms with Crippen molar-refractivity contribution in [1.82, 2.24) is 0 Å². The molecule has 0 unspecified atom stereocenters. The van der Waals surface area contributed by atoms with Crippen molar-refractivity contribution in [1.29, 1.82) is 0 Å². The molecule has 1 N–H and O–H groups in total. The van der Waals surface area contributed by atoms with Crippen LogP contribution in [0.15, 0.2) is 22.7 Å². The number of nitrogens with one attached hydrogen (secondary N) is 1. The second kappa shape index (κ2) is 5.70. The summed E-state index contributed by atoms with van der Waals surface area (Å²) in [6, 6.07) is 4.71. The monoisotopic (exact) mass is 272 g/mol. The summed E-state index contributed by atoms with van der Waals surface area (Å²) in [6.45, 7) is 2.93. The Bertz CT molecular complexity index is 355. The van der Waals surface area contributed by atoms with Gasteiger partial charge in [-0.3, -0.25) is 10.1 Å². The molecule has 0 aliphatic heterocycles. The zero-order chi connectivity index (χ0) is 11.3. The second-order valence-electron chi connectivity index (χ2n) is 3.20. The van der Waals surface area contributed by atoms with E-state index in [0.29, 0.717) is 0 Å². The van der Waals surface area contributed by atoms with Gasteiger partial charge in [0.15, 0.2) is 0 Å². The van der Waals surface area contributed by atoms with Crippen molar-refractivity contribution < 1.29 is 4.92 Å². The van der Waals surface area contributed by atoms with E-state index in [-0.39, 0.29) is 5.69 Å². The first-order chi connectivity index (χ1) is 7.15. The molecule has 82 valence electrons. The van der Waals surface area contributed by atoms with Crippen LogP contribution in [0.5, 0.6) is 0 Å². The van der Waals surface area contributed by atoms with Gasteiger partial charge in [-0.15, -0.1) is 0 Å². The molecule has 0 spiro atoms. The Morgan fingerprint density at radius 2 is 2.27 bits per heavy atom. The maximum atomic E-state index is 10.6. The van der Waals surface area contributed by atoms with Crippen molar-refractivity contribution in [3.63, 3.8) is 0 Å². The van der Waals surface area contributed by atoms with E-state index in [1.807, 2.05) is 0 Å². The van der Waals surface area contributed by atoms with Crippen LogP contribution in [0.25, 0.3) is 0 Å². The summed E-state index contributed by atoms with van der Waals surface area (Å²) in [5, 5.41) is 13.7. The largest absolute Gasteiger partial charge is 0.384 e. The van der Waals surface area contributed by atoms with Gasteiger partial charge in [0.1, 0.15) is 0 Å². The number of nitro benzene ring substituents is 1. The Morgan fingerprint density at radius 1 is 1.53 bits per heavy atom. The number of hydrogen-bond donors (Lipinski definition) is 1. The van der Waals surface area contributed by atoms with E-state index in [9.17, 15) is 10.1 Å². The van der Waals surface area contributed by atoms with Gasteiger partial charge in [0.25, 0.3) is 5.69 Å². The maximum Gasteiger partial charge on any atom is 0.271 e. The van der Waals surface area contributed by atoms with Crippen LogP contribution >= 0.6 is 15.9 Å². The highest BCUT2D eigenvalue weighted by molar-refractivity contribution is 9.10. The lowest BCUT2D eigenvalue weighted by Gasteiger charge is -2.07. The average molecular weight is 273 g/mol. The van der Waals surface area contributed by atoms with Crippen LogP contribution in [0.4, 0.5) is 11.4 Å². The Kier molecular flexibility index (Phi) is 4.55. The molecule has 0 saturated carbocycles. The zero-order valence-electron chi connectivity index (χ0n) is 8.50. The molecular formula is C10H13BrN2O2. The lowest BCUT2D eigenvalue weighted by molar-refractivity contribution is -0.384. The van der Waals surface area contributed by atoms with Crippen molar-refractivity contribution in [2.75, 3.05) is 11.9 Å². The van der Waals surface area contributed by atoms with E-state index in [1.54, 1.807) is 12.1 Å². The zero-order valence-corrected chi connectivity index (χ0v) is 10.1. The fraction of sp³-hybridized carbons (Fsp3) is 0.400. The minimum atomic E-state index is -0.391. The first-order valence-corrected chi connectivity index (χ1v) is 5.62. The normalized spacial score (nSPS) is 10.0. The number of anilines is 1. The molecule has 0 fully saturated rings. The molecule has 4 nitrogen and oxygen atoms in total. The Hall–Kier alpha value is -1.10. The van der Waals surface area contributed by atoms with Crippen LogP contribution < -0.4 is 5.32 Å². The third-order valence-corrected chi connectivity index (χ3v) is 2.70. The van der Waals surface area contributed by atoms with Crippen LogP contribution in [0.2, 0.25) is 0 Å². The summed E-state index contributed by atoms with van der Waals surface area (Å²) < 4.78 is 0.851. The Morgan fingerprint density at radius 3 is 2.87 bits per heavy atom. The molecule has 1 aromatic rings. The number of nitro groups is 1. The van der Waals surface area contributed by atoms with E-state index < -0.39 is 4.92 Å². The summed E-state index contributed by atoms with van der Waals surface area (Å²) in [4.78, 5) is 10.2. The number of benzene rings is 1. The van der Waals surface area contributed by atoms with E-state index in [1.165, 1.54) is 6.07 Å². The quantitative estimate of drug-likeness (QED) is 0.507. The number of halogens is 1. The van der Waals surface area contributed by atoms with Crippen molar-refractivity contribution in [3.8, 4) is 0 Å². The van der Waals surface area contributed by atoms with Crippen molar-refractivity contribution in [3.05, 3.63) is 32.8 Å². The first-order valence-electron chi connectivity index (χ1n) is 4.83. The van der Waals surface area contributed by atoms with E-state index in [0.717, 1.165) is 29.5 Å². The molecule has 0 aliphatic rings. The number of unbranched alkanes of at least 4 members (excludes halogenated alkanes) is 1. The van der Waals surface area contributed by atoms with Gasteiger partial charge in [0.05, 0.1) is 10.6 Å². The predicted molar refractivity (Wildman–Crippen MR) is 64.2 cm³/mol. The summed E-state index contributed by atoms with van der Waals surface area (Å²) in [7, 11) is 0. The molecule has 0 saturated heterocycles. The van der Waals surface area contributed by atoms with Crippen LogP contribution in [-0.4, -0.2) is 11.5 Å². The van der Waals surface area contributed by atoms with Crippen LogP contribution in [0.3, 0.4) is 0 Å². The molecule has 15 heavy (non-hydrogen) atoms. The maximum absolute atomic E-state index is 10.6. The number of rotatable bonds is 5. The molecule has 0 atom stereocenters. The summed E-state index contributed by atoms with van der Waals surface area (Å²) in [6.07, 6.45) is 2.15. The Labute approximate surface area is 97.0 Å². The van der Waals surface area contributed by atoms with Gasteiger partial charge in [-0.1, -0.05) is 13.3 Å². The smallest absolute Gasteiger partial charge is 0.271 e. The van der Waals surface area contributed by atoms with Crippen molar-refractivity contribution >= 4 is 27.3 Å². The molecule has 0 aromatic heterocycles. The van der Waals surface area contributed by atoms with Crippen LogP contribution in [0, 0.1) is 10.1 Å². The topological polar surface area (TPSA) is 55.2 Å². The van der Waals surface area contributed by atoms with Crippen molar-refractivity contribution in [2.45, 2.75) is 19.8 Å². The molecule has 1 aromatic carbocycles. The standard InChI is InChI=1S/C10H13BrN2O2/c1-2-3-6-12-10-7-8(13(14)15)4-5-9(10)11/h4-5,7,12H,2-3,6H2,1H3. The average Bonchev–Trinajstić information content (AvgIpc) is 2.20. The number of non-ortho nitro benzene ring substituents is 1. The molecule has 0 aliphatic carbocycles. The van der Waals surface area contributed by atoms with Gasteiger partial charge in [-0.25, -0.2) is 0 Å². The molecular weight excluding hydrogens is 260 g/mol. The predicted octanol–water partition coefficient (Wildman–Crippen LogP) is 3.57. The summed E-state index contributed by atoms with van der Waals surface area (Å²) in [5.74, 6) is 0.